The number of hydrogen-bond acceptors (Lipinski definition) is 4. The zero-order valence-corrected chi connectivity index (χ0v) is 10.6. The van der Waals surface area contributed by atoms with Crippen LogP contribution in [-0.2, 0) is 16.1 Å². The molecule has 0 bridgehead atoms. The molecule has 7 nitrogen and oxygen atoms in total. The van der Waals surface area contributed by atoms with Crippen LogP contribution in [-0.4, -0.2) is 45.8 Å². The Bertz CT molecular complexity index is 439. The first kappa shape index (κ1) is 14.2. The standard InChI is InChI=1S/C11H17N3O4/c1-11(2,18-3)10(17)12-4-5-14-6-8(9(15)16)13-7-14/h6-7H,4-5H2,1-3H3,(H,12,17)(H,15,16). The first-order valence-corrected chi connectivity index (χ1v) is 5.45. The monoisotopic (exact) mass is 255 g/mol. The quantitative estimate of drug-likeness (QED) is 0.753. The maximum Gasteiger partial charge on any atom is 0.356 e. The van der Waals surface area contributed by atoms with E-state index < -0.39 is 11.6 Å². The lowest BCUT2D eigenvalue weighted by Crippen LogP contribution is -2.44. The van der Waals surface area contributed by atoms with Crippen molar-refractivity contribution in [3.8, 4) is 0 Å². The fraction of sp³-hybridized carbons (Fsp3) is 0.545. The number of methoxy groups -OCH3 is 1. The third-order valence-electron chi connectivity index (χ3n) is 2.57. The number of hydrogen-bond donors (Lipinski definition) is 2. The Morgan fingerprint density at radius 3 is 2.72 bits per heavy atom. The molecule has 2 N–H and O–H groups in total. The van der Waals surface area contributed by atoms with Gasteiger partial charge in [-0.05, 0) is 13.8 Å². The summed E-state index contributed by atoms with van der Waals surface area (Å²) < 4.78 is 6.63. The van der Waals surface area contributed by atoms with E-state index in [4.69, 9.17) is 9.84 Å². The number of carboxylic acids is 1. The predicted molar refractivity (Wildman–Crippen MR) is 63.3 cm³/mol. The van der Waals surface area contributed by atoms with Crippen molar-refractivity contribution in [2.45, 2.75) is 26.0 Å². The number of imidazole rings is 1. The molecule has 0 atom stereocenters. The second kappa shape index (κ2) is 5.63. The Kier molecular flexibility index (Phi) is 4.43. The van der Waals surface area contributed by atoms with Gasteiger partial charge in [0.05, 0.1) is 6.33 Å². The average molecular weight is 255 g/mol. The summed E-state index contributed by atoms with van der Waals surface area (Å²) in [6.45, 7) is 4.16. The van der Waals surface area contributed by atoms with E-state index in [1.807, 2.05) is 0 Å². The van der Waals surface area contributed by atoms with Crippen LogP contribution in [0.5, 0.6) is 0 Å². The SMILES string of the molecule is COC(C)(C)C(=O)NCCn1cnc(C(=O)O)c1. The number of ether oxygens (including phenoxy) is 1. The van der Waals surface area contributed by atoms with Crippen molar-refractivity contribution >= 4 is 11.9 Å². The molecule has 0 fully saturated rings. The maximum atomic E-state index is 11.6. The van der Waals surface area contributed by atoms with Crippen molar-refractivity contribution in [3.63, 3.8) is 0 Å². The van der Waals surface area contributed by atoms with Gasteiger partial charge in [-0.1, -0.05) is 0 Å². The highest BCUT2D eigenvalue weighted by atomic mass is 16.5. The number of amides is 1. The number of aromatic carboxylic acids is 1. The normalized spacial score (nSPS) is 11.3. The van der Waals surface area contributed by atoms with Crippen LogP contribution in [0.1, 0.15) is 24.3 Å². The molecule has 0 unspecified atom stereocenters. The summed E-state index contributed by atoms with van der Waals surface area (Å²) in [4.78, 5) is 26.0. The Balaban J connectivity index is 2.42. The molecule has 1 aromatic rings. The van der Waals surface area contributed by atoms with Crippen molar-refractivity contribution in [2.75, 3.05) is 13.7 Å². The van der Waals surface area contributed by atoms with E-state index in [1.54, 1.807) is 18.4 Å². The minimum Gasteiger partial charge on any atom is -0.476 e. The lowest BCUT2D eigenvalue weighted by atomic mass is 10.1. The third-order valence-corrected chi connectivity index (χ3v) is 2.57. The zero-order chi connectivity index (χ0) is 13.8. The molecular weight excluding hydrogens is 238 g/mol. The topological polar surface area (TPSA) is 93.5 Å². The number of nitrogens with one attached hydrogen (secondary N) is 1. The first-order valence-electron chi connectivity index (χ1n) is 5.45. The highest BCUT2D eigenvalue weighted by Gasteiger charge is 2.26. The summed E-state index contributed by atoms with van der Waals surface area (Å²) in [5.74, 6) is -1.29. The van der Waals surface area contributed by atoms with Gasteiger partial charge in [0.25, 0.3) is 5.91 Å². The number of aromatic nitrogens is 2. The van der Waals surface area contributed by atoms with Crippen molar-refractivity contribution in [3.05, 3.63) is 18.2 Å². The van der Waals surface area contributed by atoms with E-state index in [2.05, 4.69) is 10.3 Å². The number of carbonyl (C=O) groups is 2. The van der Waals surface area contributed by atoms with Gasteiger partial charge in [-0.25, -0.2) is 9.78 Å². The highest BCUT2D eigenvalue weighted by molar-refractivity contribution is 5.85. The van der Waals surface area contributed by atoms with Gasteiger partial charge in [0, 0.05) is 26.4 Å². The lowest BCUT2D eigenvalue weighted by molar-refractivity contribution is -0.139. The molecule has 1 rings (SSSR count). The summed E-state index contributed by atoms with van der Waals surface area (Å²) in [7, 11) is 1.47. The molecule has 1 aromatic heterocycles. The van der Waals surface area contributed by atoms with Gasteiger partial charge in [0.15, 0.2) is 5.69 Å². The van der Waals surface area contributed by atoms with Crippen LogP contribution in [0.3, 0.4) is 0 Å². The first-order chi connectivity index (χ1) is 8.36. The van der Waals surface area contributed by atoms with Gasteiger partial charge < -0.3 is 19.7 Å². The summed E-state index contributed by atoms with van der Waals surface area (Å²) in [6.07, 6.45) is 2.83. The van der Waals surface area contributed by atoms with Crippen molar-refractivity contribution in [2.24, 2.45) is 0 Å². The minimum absolute atomic E-state index is 0.0152. The number of carboxylic acid groups (broad SMARTS) is 1. The van der Waals surface area contributed by atoms with Crippen LogP contribution in [0.15, 0.2) is 12.5 Å². The van der Waals surface area contributed by atoms with Gasteiger partial charge in [-0.15, -0.1) is 0 Å². The molecule has 1 heterocycles. The van der Waals surface area contributed by atoms with Gasteiger partial charge >= 0.3 is 5.97 Å². The average Bonchev–Trinajstić information content (AvgIpc) is 2.77. The molecule has 0 aromatic carbocycles. The van der Waals surface area contributed by atoms with Crippen LogP contribution in [0.4, 0.5) is 0 Å². The van der Waals surface area contributed by atoms with E-state index in [1.165, 1.54) is 19.6 Å². The number of carbonyl (C=O) groups excluding carboxylic acids is 1. The Morgan fingerprint density at radius 2 is 2.22 bits per heavy atom. The molecule has 7 heteroatoms. The number of nitrogens with zero attached hydrogens (tertiary/aromatic N) is 2. The number of rotatable bonds is 6. The van der Waals surface area contributed by atoms with Crippen LogP contribution in [0, 0.1) is 0 Å². The Morgan fingerprint density at radius 1 is 1.56 bits per heavy atom. The van der Waals surface area contributed by atoms with E-state index in [9.17, 15) is 9.59 Å². The summed E-state index contributed by atoms with van der Waals surface area (Å²) >= 11 is 0. The molecule has 1 amide bonds. The fourth-order valence-electron chi connectivity index (χ4n) is 1.20. The summed E-state index contributed by atoms with van der Waals surface area (Å²) in [6, 6.07) is 0. The molecule has 0 aliphatic heterocycles. The fourth-order valence-corrected chi connectivity index (χ4v) is 1.20. The van der Waals surface area contributed by atoms with E-state index >= 15 is 0 Å². The summed E-state index contributed by atoms with van der Waals surface area (Å²) in [5, 5.41) is 11.4. The molecule has 0 aliphatic carbocycles. The third kappa shape index (κ3) is 3.56. The van der Waals surface area contributed by atoms with Crippen LogP contribution in [0.2, 0.25) is 0 Å². The van der Waals surface area contributed by atoms with Gasteiger partial charge in [-0.2, -0.15) is 0 Å². The molecule has 100 valence electrons. The Hall–Kier alpha value is -1.89. The minimum atomic E-state index is -1.07. The maximum absolute atomic E-state index is 11.6. The van der Waals surface area contributed by atoms with Gasteiger partial charge in [0.2, 0.25) is 0 Å². The largest absolute Gasteiger partial charge is 0.476 e. The van der Waals surface area contributed by atoms with Crippen LogP contribution in [0.25, 0.3) is 0 Å². The predicted octanol–water partition coefficient (Wildman–Crippen LogP) is 0.122. The van der Waals surface area contributed by atoms with Crippen LogP contribution < -0.4 is 5.32 Å². The smallest absolute Gasteiger partial charge is 0.356 e. The lowest BCUT2D eigenvalue weighted by Gasteiger charge is -2.21. The van der Waals surface area contributed by atoms with E-state index in [-0.39, 0.29) is 11.6 Å². The molecular formula is C11H17N3O4. The molecule has 0 aliphatic rings. The molecule has 0 spiro atoms. The summed E-state index contributed by atoms with van der Waals surface area (Å²) in [5.41, 5.74) is -0.889. The van der Waals surface area contributed by atoms with Crippen LogP contribution >= 0.6 is 0 Å². The van der Waals surface area contributed by atoms with E-state index in [0.29, 0.717) is 13.1 Å². The Labute approximate surface area is 105 Å². The molecule has 0 radical (unpaired) electrons. The highest BCUT2D eigenvalue weighted by Crippen LogP contribution is 2.06. The second-order valence-electron chi connectivity index (χ2n) is 4.27. The van der Waals surface area contributed by atoms with Crippen molar-refractivity contribution in [1.82, 2.24) is 14.9 Å². The van der Waals surface area contributed by atoms with Crippen molar-refractivity contribution in [1.29, 1.82) is 0 Å². The van der Waals surface area contributed by atoms with E-state index in [0.717, 1.165) is 0 Å². The zero-order valence-electron chi connectivity index (χ0n) is 10.6. The van der Waals surface area contributed by atoms with Crippen molar-refractivity contribution < 1.29 is 19.4 Å². The molecule has 18 heavy (non-hydrogen) atoms. The molecule has 0 saturated carbocycles. The second-order valence-corrected chi connectivity index (χ2v) is 4.27. The molecule has 0 saturated heterocycles. The van der Waals surface area contributed by atoms with Gasteiger partial charge in [-0.3, -0.25) is 4.79 Å². The van der Waals surface area contributed by atoms with Gasteiger partial charge in [0.1, 0.15) is 5.60 Å².